The van der Waals surface area contributed by atoms with E-state index in [-0.39, 0.29) is 0 Å². The number of benzene rings is 3. The lowest BCUT2D eigenvalue weighted by Gasteiger charge is -2.08. The van der Waals surface area contributed by atoms with Crippen molar-refractivity contribution in [3.8, 4) is 22.3 Å². The van der Waals surface area contributed by atoms with Gasteiger partial charge in [0.1, 0.15) is 0 Å². The summed E-state index contributed by atoms with van der Waals surface area (Å²) in [4.78, 5) is 3.40. The van der Waals surface area contributed by atoms with Crippen LogP contribution in [0.25, 0.3) is 33.2 Å². The minimum Gasteiger partial charge on any atom is -0.361 e. The van der Waals surface area contributed by atoms with E-state index in [2.05, 4.69) is 77.9 Å². The van der Waals surface area contributed by atoms with Crippen LogP contribution in [0, 0.1) is 0 Å². The molecule has 1 aliphatic carbocycles. The molecule has 0 unspecified atom stereocenters. The van der Waals surface area contributed by atoms with Gasteiger partial charge in [-0.25, -0.2) is 0 Å². The average molecular weight is 281 g/mol. The van der Waals surface area contributed by atoms with Crippen LogP contribution >= 0.6 is 0 Å². The average Bonchev–Trinajstić information content (AvgIpc) is 3.16. The van der Waals surface area contributed by atoms with E-state index in [1.807, 2.05) is 0 Å². The van der Waals surface area contributed by atoms with E-state index >= 15 is 0 Å². The summed E-state index contributed by atoms with van der Waals surface area (Å²) < 4.78 is 0. The van der Waals surface area contributed by atoms with Crippen molar-refractivity contribution in [2.45, 2.75) is 6.42 Å². The molecule has 5 rings (SSSR count). The molecule has 0 fully saturated rings. The fraction of sp³-hybridized carbons (Fsp3) is 0.0476. The Morgan fingerprint density at radius 1 is 0.636 bits per heavy atom. The van der Waals surface area contributed by atoms with Crippen molar-refractivity contribution in [1.29, 1.82) is 0 Å². The summed E-state index contributed by atoms with van der Waals surface area (Å²) in [6.45, 7) is 0. The molecule has 0 atom stereocenters. The first-order valence-electron chi connectivity index (χ1n) is 7.68. The Labute approximate surface area is 129 Å². The van der Waals surface area contributed by atoms with Gasteiger partial charge >= 0.3 is 0 Å². The third-order valence-electron chi connectivity index (χ3n) is 4.73. The summed E-state index contributed by atoms with van der Waals surface area (Å²) in [6.07, 6.45) is 3.17. The molecule has 0 spiro atoms. The molecule has 0 aliphatic heterocycles. The molecule has 4 aromatic rings. The third kappa shape index (κ3) is 1.54. The molecule has 1 nitrogen and oxygen atoms in total. The van der Waals surface area contributed by atoms with Crippen LogP contribution in [0.4, 0.5) is 0 Å². The Bertz CT molecular complexity index is 1010. The summed E-state index contributed by atoms with van der Waals surface area (Å²) in [5.41, 5.74) is 9.52. The van der Waals surface area contributed by atoms with Crippen molar-refractivity contribution in [2.24, 2.45) is 0 Å². The Morgan fingerprint density at radius 3 is 2.32 bits per heavy atom. The van der Waals surface area contributed by atoms with Crippen molar-refractivity contribution in [3.63, 3.8) is 0 Å². The highest BCUT2D eigenvalue weighted by Gasteiger charge is 2.21. The number of H-pyrrole nitrogens is 1. The molecular formula is C21H15N. The van der Waals surface area contributed by atoms with Crippen molar-refractivity contribution in [1.82, 2.24) is 4.98 Å². The summed E-state index contributed by atoms with van der Waals surface area (Å²) >= 11 is 0. The zero-order valence-corrected chi connectivity index (χ0v) is 12.1. The van der Waals surface area contributed by atoms with E-state index in [0.717, 1.165) is 6.42 Å². The second kappa shape index (κ2) is 4.35. The van der Waals surface area contributed by atoms with E-state index < -0.39 is 0 Å². The number of aromatic nitrogens is 1. The van der Waals surface area contributed by atoms with Crippen LogP contribution in [-0.2, 0) is 6.42 Å². The van der Waals surface area contributed by atoms with Crippen LogP contribution in [0.5, 0.6) is 0 Å². The number of hydrogen-bond acceptors (Lipinski definition) is 0. The number of para-hydroxylation sites is 1. The number of rotatable bonds is 1. The van der Waals surface area contributed by atoms with Gasteiger partial charge < -0.3 is 4.98 Å². The molecule has 22 heavy (non-hydrogen) atoms. The minimum absolute atomic E-state index is 1.03. The largest absolute Gasteiger partial charge is 0.361 e. The molecule has 104 valence electrons. The first kappa shape index (κ1) is 11.8. The summed E-state index contributed by atoms with van der Waals surface area (Å²) in [6, 6.07) is 23.9. The second-order valence-corrected chi connectivity index (χ2v) is 5.91. The van der Waals surface area contributed by atoms with Crippen molar-refractivity contribution in [3.05, 3.63) is 84.1 Å². The van der Waals surface area contributed by atoms with Crippen LogP contribution < -0.4 is 0 Å². The second-order valence-electron chi connectivity index (χ2n) is 5.91. The van der Waals surface area contributed by atoms with E-state index in [1.165, 1.54) is 44.3 Å². The number of hydrogen-bond donors (Lipinski definition) is 1. The van der Waals surface area contributed by atoms with Gasteiger partial charge in [-0.15, -0.1) is 0 Å². The molecular weight excluding hydrogens is 266 g/mol. The monoisotopic (exact) mass is 281 g/mol. The lowest BCUT2D eigenvalue weighted by Crippen LogP contribution is -1.86. The van der Waals surface area contributed by atoms with Gasteiger partial charge in [0.15, 0.2) is 0 Å². The lowest BCUT2D eigenvalue weighted by atomic mass is 9.95. The van der Waals surface area contributed by atoms with Gasteiger partial charge in [0.25, 0.3) is 0 Å². The molecule has 1 aromatic heterocycles. The first-order valence-corrected chi connectivity index (χ1v) is 7.68. The summed E-state index contributed by atoms with van der Waals surface area (Å²) in [5, 5.41) is 1.30. The molecule has 0 bridgehead atoms. The molecule has 0 radical (unpaired) electrons. The Morgan fingerprint density at radius 2 is 1.36 bits per heavy atom. The molecule has 1 heterocycles. The van der Waals surface area contributed by atoms with Crippen LogP contribution in [0.3, 0.4) is 0 Å². The maximum atomic E-state index is 3.40. The maximum Gasteiger partial charge on any atom is 0.0460 e. The smallest absolute Gasteiger partial charge is 0.0460 e. The molecule has 3 aromatic carbocycles. The van der Waals surface area contributed by atoms with Crippen molar-refractivity contribution in [2.75, 3.05) is 0 Å². The molecule has 1 N–H and O–H groups in total. The Balaban J connectivity index is 1.79. The van der Waals surface area contributed by atoms with Crippen LogP contribution in [0.1, 0.15) is 11.1 Å². The van der Waals surface area contributed by atoms with Crippen molar-refractivity contribution < 1.29 is 0 Å². The van der Waals surface area contributed by atoms with Gasteiger partial charge in [0, 0.05) is 22.7 Å². The predicted molar refractivity (Wildman–Crippen MR) is 92.0 cm³/mol. The third-order valence-corrected chi connectivity index (χ3v) is 4.73. The maximum absolute atomic E-state index is 3.40. The van der Waals surface area contributed by atoms with Gasteiger partial charge in [-0.05, 0) is 40.3 Å². The highest BCUT2D eigenvalue weighted by Crippen LogP contribution is 2.42. The van der Waals surface area contributed by atoms with Crippen LogP contribution in [-0.4, -0.2) is 4.98 Å². The topological polar surface area (TPSA) is 15.8 Å². The van der Waals surface area contributed by atoms with Gasteiger partial charge in [0.05, 0.1) is 0 Å². The van der Waals surface area contributed by atoms with E-state index in [9.17, 15) is 0 Å². The van der Waals surface area contributed by atoms with Gasteiger partial charge in [-0.3, -0.25) is 0 Å². The lowest BCUT2D eigenvalue weighted by molar-refractivity contribution is 1.26. The predicted octanol–water partition coefficient (Wildman–Crippen LogP) is 5.41. The first-order chi connectivity index (χ1) is 10.9. The zero-order valence-electron chi connectivity index (χ0n) is 12.1. The quantitative estimate of drug-likeness (QED) is 0.423. The van der Waals surface area contributed by atoms with Gasteiger partial charge in [-0.2, -0.15) is 0 Å². The SMILES string of the molecule is c1ccc2c(c1)Cc1c-2cccc1-c1c[nH]c2ccccc12. The van der Waals surface area contributed by atoms with E-state index in [4.69, 9.17) is 0 Å². The number of aromatic amines is 1. The normalized spacial score (nSPS) is 12.4. The molecule has 1 heteroatoms. The van der Waals surface area contributed by atoms with Gasteiger partial charge in [0.2, 0.25) is 0 Å². The molecule has 0 saturated heterocycles. The highest BCUT2D eigenvalue weighted by molar-refractivity contribution is 5.98. The zero-order chi connectivity index (χ0) is 14.5. The standard InChI is InChI=1S/C21H15N/c1-2-7-15-14(6-1)12-19-16(15)9-5-10-17(19)20-13-22-21-11-4-3-8-18(20)21/h1-11,13,22H,12H2. The Kier molecular flexibility index (Phi) is 2.33. The van der Waals surface area contributed by atoms with Crippen LogP contribution in [0.15, 0.2) is 72.9 Å². The molecule has 0 saturated carbocycles. The van der Waals surface area contributed by atoms with E-state index in [1.54, 1.807) is 0 Å². The highest BCUT2D eigenvalue weighted by atomic mass is 14.7. The summed E-state index contributed by atoms with van der Waals surface area (Å²) in [5.74, 6) is 0. The van der Waals surface area contributed by atoms with Gasteiger partial charge in [-0.1, -0.05) is 60.7 Å². The van der Waals surface area contributed by atoms with E-state index in [0.29, 0.717) is 0 Å². The number of fused-ring (bicyclic) bond motifs is 4. The minimum atomic E-state index is 1.03. The fourth-order valence-electron chi connectivity index (χ4n) is 3.70. The van der Waals surface area contributed by atoms with Crippen LogP contribution in [0.2, 0.25) is 0 Å². The number of nitrogens with one attached hydrogen (secondary N) is 1. The van der Waals surface area contributed by atoms with Crippen molar-refractivity contribution >= 4 is 10.9 Å². The Hall–Kier alpha value is -2.80. The molecule has 1 aliphatic rings. The molecule has 0 amide bonds. The summed E-state index contributed by atoms with van der Waals surface area (Å²) in [7, 11) is 0. The fourth-order valence-corrected chi connectivity index (χ4v) is 3.70.